The summed E-state index contributed by atoms with van der Waals surface area (Å²) in [6.45, 7) is 1.53. The molecule has 3 N–H and O–H groups in total. The second-order valence-corrected chi connectivity index (χ2v) is 8.96. The monoisotopic (exact) mass is 471 g/mol. The van der Waals surface area contributed by atoms with Gasteiger partial charge in [-0.1, -0.05) is 18.2 Å². The van der Waals surface area contributed by atoms with Crippen molar-refractivity contribution in [3.8, 4) is 5.75 Å². The summed E-state index contributed by atoms with van der Waals surface area (Å²) in [6, 6.07) is 16.8. The number of sulfonamides is 1. The first-order valence-corrected chi connectivity index (χ1v) is 11.7. The number of anilines is 3. The molecule has 0 fully saturated rings. The molecule has 0 atom stereocenters. The fourth-order valence-corrected chi connectivity index (χ4v) is 3.49. The third-order valence-electron chi connectivity index (χ3n) is 4.29. The van der Waals surface area contributed by atoms with Crippen molar-refractivity contribution in [2.75, 3.05) is 21.6 Å². The fraction of sp³-hybridized carbons (Fsp3) is 0.130. The van der Waals surface area contributed by atoms with Gasteiger partial charge in [0.15, 0.2) is 0 Å². The van der Waals surface area contributed by atoms with Gasteiger partial charge in [-0.15, -0.1) is 0 Å². The van der Waals surface area contributed by atoms with Crippen LogP contribution < -0.4 is 20.1 Å². The van der Waals surface area contributed by atoms with Gasteiger partial charge in [-0.3, -0.25) is 14.3 Å². The lowest BCUT2D eigenvalue weighted by atomic mass is 10.1. The first-order chi connectivity index (χ1) is 15.6. The van der Waals surface area contributed by atoms with Crippen LogP contribution in [0.2, 0.25) is 0 Å². The Morgan fingerprint density at radius 1 is 0.939 bits per heavy atom. The second-order valence-electron chi connectivity index (χ2n) is 7.21. The predicted octanol–water partition coefficient (Wildman–Crippen LogP) is 3.99. The number of benzene rings is 3. The molecule has 0 bridgehead atoms. The van der Waals surface area contributed by atoms with Crippen molar-refractivity contribution in [3.05, 3.63) is 83.7 Å². The molecule has 0 aliphatic heterocycles. The Kier molecular flexibility index (Phi) is 7.29. The number of carbonyl (C=O) groups excluding carboxylic acids is 2. The van der Waals surface area contributed by atoms with Gasteiger partial charge in [0, 0.05) is 24.4 Å². The van der Waals surface area contributed by atoms with Crippen molar-refractivity contribution >= 4 is 38.9 Å². The lowest BCUT2D eigenvalue weighted by Crippen LogP contribution is -2.18. The largest absolute Gasteiger partial charge is 0.489 e. The highest BCUT2D eigenvalue weighted by atomic mass is 32.2. The molecule has 3 aromatic carbocycles. The maximum Gasteiger partial charge on any atom is 0.257 e. The molecule has 0 aromatic heterocycles. The normalized spacial score (nSPS) is 10.9. The maximum absolute atomic E-state index is 13.0. The van der Waals surface area contributed by atoms with E-state index < -0.39 is 15.9 Å². The number of rotatable bonds is 8. The van der Waals surface area contributed by atoms with E-state index in [0.717, 1.165) is 11.8 Å². The van der Waals surface area contributed by atoms with Crippen LogP contribution in [-0.2, 0) is 21.4 Å². The summed E-state index contributed by atoms with van der Waals surface area (Å²) in [7, 11) is -3.65. The zero-order chi connectivity index (χ0) is 24.0. The Labute approximate surface area is 190 Å². The Hall–Kier alpha value is -3.92. The highest BCUT2D eigenvalue weighted by molar-refractivity contribution is 7.92. The summed E-state index contributed by atoms with van der Waals surface area (Å²) in [4.78, 5) is 24.3. The Morgan fingerprint density at radius 3 is 2.30 bits per heavy atom. The van der Waals surface area contributed by atoms with Crippen molar-refractivity contribution in [2.24, 2.45) is 0 Å². The van der Waals surface area contributed by atoms with E-state index in [0.29, 0.717) is 17.1 Å². The number of halogens is 1. The second kappa shape index (κ2) is 10.1. The van der Waals surface area contributed by atoms with Gasteiger partial charge in [-0.25, -0.2) is 12.8 Å². The van der Waals surface area contributed by atoms with E-state index in [-0.39, 0.29) is 29.6 Å². The van der Waals surface area contributed by atoms with Crippen molar-refractivity contribution < 1.29 is 27.1 Å². The third kappa shape index (κ3) is 7.32. The summed E-state index contributed by atoms with van der Waals surface area (Å²) in [5.41, 5.74) is 1.60. The molecule has 3 aromatic rings. The van der Waals surface area contributed by atoms with Crippen LogP contribution in [0.5, 0.6) is 5.75 Å². The van der Waals surface area contributed by atoms with Crippen LogP contribution in [0, 0.1) is 5.82 Å². The minimum atomic E-state index is -3.65. The minimum Gasteiger partial charge on any atom is -0.489 e. The smallest absolute Gasteiger partial charge is 0.257 e. The molecule has 172 valence electrons. The molecule has 8 nitrogen and oxygen atoms in total. The molecule has 0 heterocycles. The van der Waals surface area contributed by atoms with Crippen LogP contribution in [0.25, 0.3) is 0 Å². The van der Waals surface area contributed by atoms with Gasteiger partial charge >= 0.3 is 0 Å². The molecule has 0 spiro atoms. The number of carbonyl (C=O) groups is 2. The number of hydrogen-bond acceptors (Lipinski definition) is 5. The average Bonchev–Trinajstić information content (AvgIpc) is 2.73. The maximum atomic E-state index is 13.0. The van der Waals surface area contributed by atoms with Crippen LogP contribution in [0.4, 0.5) is 21.5 Å². The summed E-state index contributed by atoms with van der Waals surface area (Å²) < 4.78 is 44.4. The average molecular weight is 472 g/mol. The predicted molar refractivity (Wildman–Crippen MR) is 124 cm³/mol. The van der Waals surface area contributed by atoms with E-state index in [4.69, 9.17) is 4.74 Å². The van der Waals surface area contributed by atoms with E-state index in [1.54, 1.807) is 36.4 Å². The van der Waals surface area contributed by atoms with Gasteiger partial charge < -0.3 is 15.4 Å². The molecule has 0 saturated heterocycles. The van der Waals surface area contributed by atoms with Gasteiger partial charge in [-0.05, 0) is 48.0 Å². The van der Waals surface area contributed by atoms with Gasteiger partial charge in [0.2, 0.25) is 15.9 Å². The third-order valence-corrected chi connectivity index (χ3v) is 4.88. The first-order valence-electron chi connectivity index (χ1n) is 9.77. The lowest BCUT2D eigenvalue weighted by Gasteiger charge is -2.14. The molecule has 0 aliphatic rings. The van der Waals surface area contributed by atoms with Crippen LogP contribution in [0.3, 0.4) is 0 Å². The number of nitrogens with one attached hydrogen (secondary N) is 3. The molecule has 0 aliphatic carbocycles. The minimum absolute atomic E-state index is 0.0179. The zero-order valence-electron chi connectivity index (χ0n) is 17.9. The molecule has 0 radical (unpaired) electrons. The van der Waals surface area contributed by atoms with Crippen LogP contribution in [-0.4, -0.2) is 26.5 Å². The fourth-order valence-electron chi connectivity index (χ4n) is 2.91. The van der Waals surface area contributed by atoms with Gasteiger partial charge in [-0.2, -0.15) is 0 Å². The molecule has 0 unspecified atom stereocenters. The summed E-state index contributed by atoms with van der Waals surface area (Å²) >= 11 is 0. The lowest BCUT2D eigenvalue weighted by molar-refractivity contribution is -0.114. The summed E-state index contributed by atoms with van der Waals surface area (Å²) in [5.74, 6) is -0.797. The highest BCUT2D eigenvalue weighted by Crippen LogP contribution is 2.25. The van der Waals surface area contributed by atoms with Gasteiger partial charge in [0.05, 0.1) is 17.5 Å². The van der Waals surface area contributed by atoms with Gasteiger partial charge in [0.25, 0.3) is 5.91 Å². The van der Waals surface area contributed by atoms with E-state index in [1.165, 1.54) is 37.3 Å². The Morgan fingerprint density at radius 2 is 1.64 bits per heavy atom. The first kappa shape index (κ1) is 23.7. The quantitative estimate of drug-likeness (QED) is 0.460. The summed E-state index contributed by atoms with van der Waals surface area (Å²) in [5, 5.41) is 5.25. The van der Waals surface area contributed by atoms with Crippen LogP contribution >= 0.6 is 0 Å². The molecular formula is C23H22FN3O5S. The molecule has 2 amide bonds. The summed E-state index contributed by atoms with van der Waals surface area (Å²) in [6.07, 6.45) is 0.971. The Bertz CT molecular complexity index is 1280. The molecule has 33 heavy (non-hydrogen) atoms. The van der Waals surface area contributed by atoms with Crippen LogP contribution in [0.15, 0.2) is 66.7 Å². The van der Waals surface area contributed by atoms with E-state index >= 15 is 0 Å². The van der Waals surface area contributed by atoms with E-state index in [1.807, 2.05) is 0 Å². The van der Waals surface area contributed by atoms with E-state index in [9.17, 15) is 22.4 Å². The number of ether oxygens (including phenoxy) is 1. The van der Waals surface area contributed by atoms with Crippen molar-refractivity contribution in [2.45, 2.75) is 13.5 Å². The van der Waals surface area contributed by atoms with Crippen molar-refractivity contribution in [1.29, 1.82) is 0 Å². The standard InChI is InChI=1S/C23H22FN3O5S/c1-15(28)25-19-10-11-22(27-33(2,30)31)21(13-19)23(29)26-18-4-3-5-20(12-18)32-14-16-6-8-17(24)9-7-16/h3-13,27H,14H2,1-2H3,(H,25,28)(H,26,29). The number of hydrogen-bond donors (Lipinski definition) is 3. The van der Waals surface area contributed by atoms with E-state index in [2.05, 4.69) is 15.4 Å². The molecule has 3 rings (SSSR count). The zero-order valence-corrected chi connectivity index (χ0v) is 18.7. The topological polar surface area (TPSA) is 114 Å². The molecule has 0 saturated carbocycles. The Balaban J connectivity index is 1.78. The van der Waals surface area contributed by atoms with Crippen LogP contribution in [0.1, 0.15) is 22.8 Å². The SMILES string of the molecule is CC(=O)Nc1ccc(NS(C)(=O)=O)c(C(=O)Nc2cccc(OCc3ccc(F)cc3)c2)c1. The molecular weight excluding hydrogens is 449 g/mol. The highest BCUT2D eigenvalue weighted by Gasteiger charge is 2.16. The van der Waals surface area contributed by atoms with Crippen molar-refractivity contribution in [3.63, 3.8) is 0 Å². The number of amides is 2. The van der Waals surface area contributed by atoms with Gasteiger partial charge in [0.1, 0.15) is 18.2 Å². The molecule has 10 heteroatoms. The van der Waals surface area contributed by atoms with Crippen molar-refractivity contribution in [1.82, 2.24) is 0 Å².